The molecule has 1 amide bonds. The molecule has 1 aliphatic rings. The lowest BCUT2D eigenvalue weighted by Gasteiger charge is -2.11. The molecule has 2 aromatic rings. The maximum Gasteiger partial charge on any atom is 0.337 e. The van der Waals surface area contributed by atoms with Gasteiger partial charge >= 0.3 is 5.97 Å². The average Bonchev–Trinajstić information content (AvgIpc) is 3.07. The summed E-state index contributed by atoms with van der Waals surface area (Å²) in [6, 6.07) is 10.3. The second kappa shape index (κ2) is 7.12. The topological polar surface area (TPSA) is 85.9 Å². The fraction of sp³-hybridized carbons (Fsp3) is 0.222. The number of carbonyl (C=O) groups is 2. The smallest absolute Gasteiger partial charge is 0.337 e. The number of nitrogens with one attached hydrogen (secondary N) is 2. The van der Waals surface area contributed by atoms with Crippen molar-refractivity contribution in [1.29, 1.82) is 0 Å². The quantitative estimate of drug-likeness (QED) is 0.812. The molecule has 1 aliphatic heterocycles. The fourth-order valence-corrected chi connectivity index (χ4v) is 2.46. The number of anilines is 2. The Kier molecular flexibility index (Phi) is 4.74. The number of aryl methyl sites for hydroxylation is 1. The molecule has 0 saturated heterocycles. The lowest BCUT2D eigenvalue weighted by atomic mass is 10.1. The first-order chi connectivity index (χ1) is 12.1. The second-order valence-electron chi connectivity index (χ2n) is 5.49. The monoisotopic (exact) mass is 342 g/mol. The van der Waals surface area contributed by atoms with Crippen molar-refractivity contribution in [1.82, 2.24) is 0 Å². The first kappa shape index (κ1) is 16.6. The second-order valence-corrected chi connectivity index (χ2v) is 5.49. The maximum absolute atomic E-state index is 12.1. The fourth-order valence-electron chi connectivity index (χ4n) is 2.46. The molecule has 0 unspecified atom stereocenters. The van der Waals surface area contributed by atoms with E-state index in [2.05, 4.69) is 15.4 Å². The van der Waals surface area contributed by atoms with Crippen molar-refractivity contribution < 1.29 is 23.8 Å². The Bertz CT molecular complexity index is 819. The molecule has 0 aliphatic carbocycles. The van der Waals surface area contributed by atoms with Crippen LogP contribution in [-0.2, 0) is 9.53 Å². The van der Waals surface area contributed by atoms with Crippen LogP contribution in [-0.4, -0.2) is 32.3 Å². The van der Waals surface area contributed by atoms with Gasteiger partial charge in [0, 0.05) is 17.4 Å². The number of benzene rings is 2. The van der Waals surface area contributed by atoms with E-state index in [1.165, 1.54) is 7.11 Å². The van der Waals surface area contributed by atoms with Crippen LogP contribution >= 0.6 is 0 Å². The molecule has 0 radical (unpaired) electrons. The van der Waals surface area contributed by atoms with Crippen molar-refractivity contribution in [3.05, 3.63) is 47.5 Å². The largest absolute Gasteiger partial charge is 0.465 e. The van der Waals surface area contributed by atoms with Crippen LogP contribution in [0, 0.1) is 6.92 Å². The zero-order chi connectivity index (χ0) is 17.8. The van der Waals surface area contributed by atoms with Gasteiger partial charge in [0.05, 0.1) is 19.2 Å². The third kappa shape index (κ3) is 3.82. The van der Waals surface area contributed by atoms with E-state index in [0.717, 1.165) is 11.3 Å². The number of methoxy groups -OCH3 is 1. The maximum atomic E-state index is 12.1. The molecular weight excluding hydrogens is 324 g/mol. The molecule has 2 aromatic carbocycles. The summed E-state index contributed by atoms with van der Waals surface area (Å²) >= 11 is 0. The molecule has 1 heterocycles. The van der Waals surface area contributed by atoms with Gasteiger partial charge in [0.25, 0.3) is 0 Å². The summed E-state index contributed by atoms with van der Waals surface area (Å²) in [4.78, 5) is 23.6. The van der Waals surface area contributed by atoms with E-state index in [0.29, 0.717) is 22.7 Å². The minimum atomic E-state index is -0.393. The highest BCUT2D eigenvalue weighted by Crippen LogP contribution is 2.34. The Hall–Kier alpha value is -3.22. The molecule has 25 heavy (non-hydrogen) atoms. The van der Waals surface area contributed by atoms with Crippen LogP contribution in [0.2, 0.25) is 0 Å². The van der Waals surface area contributed by atoms with E-state index >= 15 is 0 Å². The summed E-state index contributed by atoms with van der Waals surface area (Å²) in [5, 5.41) is 5.84. The van der Waals surface area contributed by atoms with Crippen LogP contribution in [0.5, 0.6) is 11.5 Å². The van der Waals surface area contributed by atoms with Crippen LogP contribution < -0.4 is 20.1 Å². The first-order valence-electron chi connectivity index (χ1n) is 7.69. The number of fused-ring (bicyclic) bond motifs is 1. The van der Waals surface area contributed by atoms with Crippen LogP contribution in [0.4, 0.5) is 11.4 Å². The van der Waals surface area contributed by atoms with Crippen LogP contribution in [0.3, 0.4) is 0 Å². The molecular formula is C18H18N2O5. The van der Waals surface area contributed by atoms with Gasteiger partial charge in [0.15, 0.2) is 11.5 Å². The highest BCUT2D eigenvalue weighted by atomic mass is 16.7. The predicted octanol–water partition coefficient (Wildman–Crippen LogP) is 2.56. The Balaban J connectivity index is 1.58. The van der Waals surface area contributed by atoms with Gasteiger partial charge in [-0.3, -0.25) is 4.79 Å². The van der Waals surface area contributed by atoms with E-state index in [1.54, 1.807) is 36.4 Å². The van der Waals surface area contributed by atoms with Gasteiger partial charge in [-0.05, 0) is 42.8 Å². The summed E-state index contributed by atoms with van der Waals surface area (Å²) in [7, 11) is 1.34. The lowest BCUT2D eigenvalue weighted by Crippen LogP contribution is -2.22. The normalized spacial score (nSPS) is 11.8. The minimum Gasteiger partial charge on any atom is -0.465 e. The van der Waals surface area contributed by atoms with E-state index in [9.17, 15) is 9.59 Å². The SMILES string of the molecule is COC(=O)c1ccc(NCC(=O)Nc2ccc3c(c2)OCO3)c(C)c1. The van der Waals surface area contributed by atoms with Crippen LogP contribution in [0.25, 0.3) is 0 Å². The van der Waals surface area contributed by atoms with E-state index in [4.69, 9.17) is 9.47 Å². The molecule has 2 N–H and O–H groups in total. The Morgan fingerprint density at radius 1 is 1.12 bits per heavy atom. The Morgan fingerprint density at radius 3 is 2.68 bits per heavy atom. The number of carbonyl (C=O) groups excluding carboxylic acids is 2. The predicted molar refractivity (Wildman–Crippen MR) is 92.2 cm³/mol. The van der Waals surface area contributed by atoms with Crippen molar-refractivity contribution in [3.63, 3.8) is 0 Å². The van der Waals surface area contributed by atoms with Gasteiger partial charge in [-0.2, -0.15) is 0 Å². The Morgan fingerprint density at radius 2 is 1.92 bits per heavy atom. The molecule has 0 saturated carbocycles. The molecule has 3 rings (SSSR count). The molecule has 0 fully saturated rings. The summed E-state index contributed by atoms with van der Waals surface area (Å²) < 4.78 is 15.2. The molecule has 0 atom stereocenters. The number of hydrogen-bond donors (Lipinski definition) is 2. The standard InChI is InChI=1S/C18H18N2O5/c1-11-7-12(18(22)23-2)3-5-14(11)19-9-17(21)20-13-4-6-15-16(8-13)25-10-24-15/h3-8,19H,9-10H2,1-2H3,(H,20,21). The summed E-state index contributed by atoms with van der Waals surface area (Å²) in [5.41, 5.74) is 2.72. The number of rotatable bonds is 5. The zero-order valence-electron chi connectivity index (χ0n) is 13.9. The van der Waals surface area contributed by atoms with Crippen molar-refractivity contribution in [3.8, 4) is 11.5 Å². The highest BCUT2D eigenvalue weighted by molar-refractivity contribution is 5.94. The number of hydrogen-bond acceptors (Lipinski definition) is 6. The van der Waals surface area contributed by atoms with Gasteiger partial charge in [-0.25, -0.2) is 4.79 Å². The van der Waals surface area contributed by atoms with E-state index in [1.807, 2.05) is 6.92 Å². The molecule has 7 heteroatoms. The number of amides is 1. The van der Waals surface area contributed by atoms with Gasteiger partial charge in [0.1, 0.15) is 0 Å². The minimum absolute atomic E-state index is 0.0901. The van der Waals surface area contributed by atoms with Crippen molar-refractivity contribution in [2.24, 2.45) is 0 Å². The number of esters is 1. The highest BCUT2D eigenvalue weighted by Gasteiger charge is 2.14. The van der Waals surface area contributed by atoms with Crippen LogP contribution in [0.1, 0.15) is 15.9 Å². The van der Waals surface area contributed by atoms with Gasteiger partial charge in [-0.15, -0.1) is 0 Å². The zero-order valence-corrected chi connectivity index (χ0v) is 13.9. The third-order valence-corrected chi connectivity index (χ3v) is 3.74. The number of ether oxygens (including phenoxy) is 3. The van der Waals surface area contributed by atoms with Crippen molar-refractivity contribution in [2.75, 3.05) is 31.1 Å². The summed E-state index contributed by atoms with van der Waals surface area (Å²) in [6.07, 6.45) is 0. The van der Waals surface area contributed by atoms with E-state index in [-0.39, 0.29) is 19.2 Å². The molecule has 7 nitrogen and oxygen atoms in total. The average molecular weight is 342 g/mol. The van der Waals surface area contributed by atoms with Crippen molar-refractivity contribution in [2.45, 2.75) is 6.92 Å². The molecule has 130 valence electrons. The molecule has 0 bridgehead atoms. The summed E-state index contributed by atoms with van der Waals surface area (Å²) in [6.45, 7) is 2.13. The molecule has 0 spiro atoms. The Labute approximate surface area is 144 Å². The molecule has 0 aromatic heterocycles. The third-order valence-electron chi connectivity index (χ3n) is 3.74. The summed E-state index contributed by atoms with van der Waals surface area (Å²) in [5.74, 6) is 0.683. The first-order valence-corrected chi connectivity index (χ1v) is 7.69. The lowest BCUT2D eigenvalue weighted by molar-refractivity contribution is -0.114. The van der Waals surface area contributed by atoms with E-state index < -0.39 is 5.97 Å². The van der Waals surface area contributed by atoms with Gasteiger partial charge in [-0.1, -0.05) is 0 Å². The van der Waals surface area contributed by atoms with Gasteiger partial charge in [0.2, 0.25) is 12.7 Å². The van der Waals surface area contributed by atoms with Crippen molar-refractivity contribution >= 4 is 23.3 Å². The van der Waals surface area contributed by atoms with Gasteiger partial charge < -0.3 is 24.8 Å². The van der Waals surface area contributed by atoms with Crippen LogP contribution in [0.15, 0.2) is 36.4 Å².